The highest BCUT2D eigenvalue weighted by atomic mass is 35.5. The number of carbonyl (C=O) groups is 1. The van der Waals surface area contributed by atoms with Crippen LogP contribution in [0.3, 0.4) is 0 Å². The number of hydrazone groups is 1. The summed E-state index contributed by atoms with van der Waals surface area (Å²) in [5.41, 5.74) is 2.89. The summed E-state index contributed by atoms with van der Waals surface area (Å²) in [5.74, 6) is 0.516. The zero-order chi connectivity index (χ0) is 25.9. The van der Waals surface area contributed by atoms with E-state index in [-0.39, 0.29) is 10.8 Å². The summed E-state index contributed by atoms with van der Waals surface area (Å²) in [6.45, 7) is 4.30. The first-order chi connectivity index (χ1) is 17.2. The molecule has 1 heterocycles. The van der Waals surface area contributed by atoms with E-state index in [2.05, 4.69) is 5.10 Å². The van der Waals surface area contributed by atoms with Crippen LogP contribution in [0, 0.1) is 0 Å². The highest BCUT2D eigenvalue weighted by Crippen LogP contribution is 2.38. The molecule has 0 atom stereocenters. The lowest BCUT2D eigenvalue weighted by atomic mass is 10.1. The molecule has 3 aromatic rings. The molecule has 0 aromatic heterocycles. The van der Waals surface area contributed by atoms with Crippen LogP contribution in [0.1, 0.15) is 25.0 Å². The molecule has 0 unspecified atom stereocenters. The maximum absolute atomic E-state index is 13.1. The van der Waals surface area contributed by atoms with Gasteiger partial charge >= 0.3 is 0 Å². The maximum Gasteiger partial charge on any atom is 0.280 e. The number of benzene rings is 3. The number of hydrogen-bond donors (Lipinski definition) is 1. The lowest BCUT2D eigenvalue weighted by Crippen LogP contribution is -2.21. The molecule has 3 aromatic carbocycles. The first kappa shape index (κ1) is 25.4. The topological polar surface area (TPSA) is 111 Å². The van der Waals surface area contributed by atoms with Crippen LogP contribution in [0.4, 0.5) is 5.69 Å². The first-order valence-corrected chi connectivity index (χ1v) is 13.0. The Morgan fingerprint density at radius 1 is 1.06 bits per heavy atom. The molecule has 0 fully saturated rings. The monoisotopic (exact) mass is 525 g/mol. The van der Waals surface area contributed by atoms with Crippen molar-refractivity contribution in [1.82, 2.24) is 0 Å². The molecule has 0 radical (unpaired) electrons. The minimum Gasteiger partial charge on any atom is -0.490 e. The number of anilines is 1. The number of ether oxygens (including phenoxy) is 2. The summed E-state index contributed by atoms with van der Waals surface area (Å²) >= 11 is 6.55. The van der Waals surface area contributed by atoms with E-state index in [9.17, 15) is 13.2 Å². The van der Waals surface area contributed by atoms with Gasteiger partial charge in [0.05, 0.1) is 33.5 Å². The van der Waals surface area contributed by atoms with Crippen LogP contribution in [0.2, 0.25) is 5.02 Å². The third kappa shape index (κ3) is 5.59. The molecular formula is C26H24ClN3O5S. The molecule has 0 saturated carbocycles. The van der Waals surface area contributed by atoms with Crippen molar-refractivity contribution in [2.75, 3.05) is 11.6 Å². The van der Waals surface area contributed by atoms with E-state index >= 15 is 0 Å². The number of carbonyl (C=O) groups excluding carboxylic acids is 1. The van der Waals surface area contributed by atoms with E-state index in [4.69, 9.17) is 26.2 Å². The van der Waals surface area contributed by atoms with Crippen LogP contribution >= 0.6 is 11.6 Å². The van der Waals surface area contributed by atoms with Gasteiger partial charge in [-0.1, -0.05) is 41.9 Å². The summed E-state index contributed by atoms with van der Waals surface area (Å²) in [6.07, 6.45) is 1.68. The van der Waals surface area contributed by atoms with Gasteiger partial charge in [0.1, 0.15) is 6.61 Å². The van der Waals surface area contributed by atoms with Crippen molar-refractivity contribution in [3.63, 3.8) is 0 Å². The highest BCUT2D eigenvalue weighted by molar-refractivity contribution is 7.89. The van der Waals surface area contributed by atoms with Crippen LogP contribution in [0.15, 0.2) is 82.3 Å². The third-order valence-corrected chi connectivity index (χ3v) is 6.55. The fraction of sp³-hybridized carbons (Fsp3) is 0.154. The number of primary sulfonamides is 1. The van der Waals surface area contributed by atoms with Gasteiger partial charge in [0.15, 0.2) is 11.5 Å². The lowest BCUT2D eigenvalue weighted by Gasteiger charge is -2.15. The fourth-order valence-corrected chi connectivity index (χ4v) is 4.40. The van der Waals surface area contributed by atoms with Crippen molar-refractivity contribution >= 4 is 45.0 Å². The van der Waals surface area contributed by atoms with E-state index in [1.807, 2.05) is 37.3 Å². The number of amides is 1. The second kappa shape index (κ2) is 10.5. The Hall–Kier alpha value is -3.66. The first-order valence-electron chi connectivity index (χ1n) is 11.0. The zero-order valence-corrected chi connectivity index (χ0v) is 21.2. The molecule has 1 aliphatic heterocycles. The van der Waals surface area contributed by atoms with Gasteiger partial charge < -0.3 is 9.47 Å². The Balaban J connectivity index is 1.60. The molecule has 0 aliphatic carbocycles. The third-order valence-electron chi connectivity index (χ3n) is 5.34. The summed E-state index contributed by atoms with van der Waals surface area (Å²) in [7, 11) is -3.84. The normalized spacial score (nSPS) is 14.8. The number of nitrogens with zero attached hydrogens (tertiary/aromatic N) is 2. The molecule has 36 heavy (non-hydrogen) atoms. The van der Waals surface area contributed by atoms with E-state index in [1.54, 1.807) is 25.1 Å². The van der Waals surface area contributed by atoms with Gasteiger partial charge in [-0.25, -0.2) is 13.6 Å². The Morgan fingerprint density at radius 3 is 2.39 bits per heavy atom. The molecule has 8 nitrogen and oxygen atoms in total. The average Bonchev–Trinajstić information content (AvgIpc) is 3.12. The smallest absolute Gasteiger partial charge is 0.280 e. The van der Waals surface area contributed by atoms with Crippen molar-refractivity contribution in [2.45, 2.75) is 25.3 Å². The summed E-state index contributed by atoms with van der Waals surface area (Å²) in [5, 5.41) is 11.0. The second-order valence-corrected chi connectivity index (χ2v) is 9.91. The number of sulfonamides is 1. The van der Waals surface area contributed by atoms with E-state index in [0.717, 1.165) is 5.56 Å². The molecular weight excluding hydrogens is 502 g/mol. The van der Waals surface area contributed by atoms with Crippen molar-refractivity contribution in [3.05, 3.63) is 88.5 Å². The standard InChI is InChI=1S/C26H24ClN3O5S/c1-3-34-24-15-19(14-23(27)25(24)35-16-18-7-5-4-6-8-18)13-22-17(2)29-30(26(22)31)20-9-11-21(12-10-20)36(28,32)33/h4-15H,3,16H2,1-2H3,(H2,28,32,33)/b22-13-. The highest BCUT2D eigenvalue weighted by Gasteiger charge is 2.29. The Bertz CT molecular complexity index is 1450. The van der Waals surface area contributed by atoms with E-state index in [1.165, 1.54) is 29.3 Å². The minimum absolute atomic E-state index is 0.0537. The molecule has 4 rings (SSSR count). The molecule has 0 spiro atoms. The van der Waals surface area contributed by atoms with Crippen molar-refractivity contribution in [3.8, 4) is 11.5 Å². The van der Waals surface area contributed by atoms with E-state index < -0.39 is 10.0 Å². The van der Waals surface area contributed by atoms with Crippen molar-refractivity contribution in [2.24, 2.45) is 10.2 Å². The van der Waals surface area contributed by atoms with Crippen LogP contribution in [0.25, 0.3) is 6.08 Å². The molecule has 0 bridgehead atoms. The number of nitrogens with two attached hydrogens (primary N) is 1. The van der Waals surface area contributed by atoms with Gasteiger partial charge in [-0.2, -0.15) is 10.1 Å². The van der Waals surface area contributed by atoms with Crippen LogP contribution in [0.5, 0.6) is 11.5 Å². The number of rotatable bonds is 8. The van der Waals surface area contributed by atoms with Gasteiger partial charge in [0.25, 0.3) is 5.91 Å². The van der Waals surface area contributed by atoms with Crippen molar-refractivity contribution in [1.29, 1.82) is 0 Å². The molecule has 186 valence electrons. The van der Waals surface area contributed by atoms with Gasteiger partial charge in [-0.05, 0) is 67.4 Å². The Labute approximate surface area is 214 Å². The van der Waals surface area contributed by atoms with E-state index in [0.29, 0.717) is 52.3 Å². The fourth-order valence-electron chi connectivity index (χ4n) is 3.61. The van der Waals surface area contributed by atoms with Crippen LogP contribution in [-0.4, -0.2) is 26.6 Å². The van der Waals surface area contributed by atoms with Gasteiger partial charge in [-0.3, -0.25) is 4.79 Å². The SMILES string of the molecule is CCOc1cc(/C=C2\C(=O)N(c3ccc(S(N)(=O)=O)cc3)N=C2C)cc(Cl)c1OCc1ccccc1. The van der Waals surface area contributed by atoms with Crippen molar-refractivity contribution < 1.29 is 22.7 Å². The van der Waals surface area contributed by atoms with Crippen LogP contribution in [-0.2, 0) is 21.4 Å². The molecule has 10 heteroatoms. The largest absolute Gasteiger partial charge is 0.490 e. The predicted octanol–water partition coefficient (Wildman–Crippen LogP) is 4.77. The van der Waals surface area contributed by atoms with Gasteiger partial charge in [0.2, 0.25) is 10.0 Å². The number of halogens is 1. The minimum atomic E-state index is -3.84. The molecule has 1 aliphatic rings. The Morgan fingerprint density at radius 2 is 1.75 bits per heavy atom. The van der Waals surface area contributed by atoms with Gasteiger partial charge in [-0.15, -0.1) is 0 Å². The summed E-state index contributed by atoms with van der Waals surface area (Å²) < 4.78 is 34.7. The predicted molar refractivity (Wildman–Crippen MR) is 140 cm³/mol. The molecule has 2 N–H and O–H groups in total. The lowest BCUT2D eigenvalue weighted by molar-refractivity contribution is -0.114. The quantitative estimate of drug-likeness (QED) is 0.426. The molecule has 0 saturated heterocycles. The number of hydrogen-bond acceptors (Lipinski definition) is 6. The Kier molecular flexibility index (Phi) is 7.44. The second-order valence-electron chi connectivity index (χ2n) is 7.94. The summed E-state index contributed by atoms with van der Waals surface area (Å²) in [4.78, 5) is 13.1. The average molecular weight is 526 g/mol. The molecule has 1 amide bonds. The van der Waals surface area contributed by atoms with Gasteiger partial charge in [0, 0.05) is 0 Å². The zero-order valence-electron chi connectivity index (χ0n) is 19.6. The maximum atomic E-state index is 13.1. The van der Waals surface area contributed by atoms with Crippen LogP contribution < -0.4 is 19.6 Å². The summed E-state index contributed by atoms with van der Waals surface area (Å²) in [6, 6.07) is 18.7.